The summed E-state index contributed by atoms with van der Waals surface area (Å²) in [7, 11) is 0. The van der Waals surface area contributed by atoms with Gasteiger partial charge in [0.05, 0.1) is 29.1 Å². The third-order valence-corrected chi connectivity index (χ3v) is 4.24. The number of hydrogen-bond donors (Lipinski definition) is 0. The topological polar surface area (TPSA) is 27.1 Å². The number of rotatable bonds is 6. The summed E-state index contributed by atoms with van der Waals surface area (Å²) in [5.41, 5.74) is 3.24. The highest BCUT2D eigenvalue weighted by molar-refractivity contribution is 9.10. The molecular formula is C15H18BrClN2O. The Balaban J connectivity index is 2.02. The molecule has 20 heavy (non-hydrogen) atoms. The maximum atomic E-state index is 5.96. The van der Waals surface area contributed by atoms with E-state index >= 15 is 0 Å². The highest BCUT2D eigenvalue weighted by Gasteiger charge is 2.13. The molecule has 1 heterocycles. The van der Waals surface area contributed by atoms with Crippen LogP contribution in [0.3, 0.4) is 0 Å². The van der Waals surface area contributed by atoms with Crippen molar-refractivity contribution in [2.45, 2.75) is 40.0 Å². The first-order valence-corrected chi connectivity index (χ1v) is 7.89. The predicted molar refractivity (Wildman–Crippen MR) is 84.9 cm³/mol. The maximum Gasteiger partial charge on any atom is 0.0900 e. The lowest BCUT2D eigenvalue weighted by Gasteiger charge is -2.07. The minimum atomic E-state index is 0.536. The Labute approximate surface area is 133 Å². The predicted octanol–water partition coefficient (Wildman–Crippen LogP) is 4.60. The molecule has 3 nitrogen and oxygen atoms in total. The van der Waals surface area contributed by atoms with Gasteiger partial charge in [-0.15, -0.1) is 0 Å². The van der Waals surface area contributed by atoms with Crippen molar-refractivity contribution in [3.05, 3.63) is 50.7 Å². The van der Waals surface area contributed by atoms with Crippen molar-refractivity contribution in [2.75, 3.05) is 0 Å². The Bertz CT molecular complexity index is 583. The molecule has 0 fully saturated rings. The quantitative estimate of drug-likeness (QED) is 0.755. The van der Waals surface area contributed by atoms with Crippen LogP contribution < -0.4 is 0 Å². The zero-order valence-corrected chi connectivity index (χ0v) is 14.0. The largest absolute Gasteiger partial charge is 0.370 e. The molecule has 0 bridgehead atoms. The van der Waals surface area contributed by atoms with Crippen LogP contribution in [0.2, 0.25) is 5.02 Å². The molecule has 0 saturated heterocycles. The molecule has 0 aliphatic carbocycles. The first-order valence-electron chi connectivity index (χ1n) is 6.71. The molecule has 0 aliphatic heterocycles. The minimum absolute atomic E-state index is 0.536. The van der Waals surface area contributed by atoms with Gasteiger partial charge in [0.2, 0.25) is 0 Å². The van der Waals surface area contributed by atoms with E-state index in [-0.39, 0.29) is 0 Å². The Morgan fingerprint density at radius 2 is 2.10 bits per heavy atom. The zero-order valence-electron chi connectivity index (χ0n) is 11.7. The fourth-order valence-corrected chi connectivity index (χ4v) is 2.94. The first-order chi connectivity index (χ1) is 9.65. The van der Waals surface area contributed by atoms with E-state index in [1.807, 2.05) is 28.9 Å². The maximum absolute atomic E-state index is 5.96. The molecule has 0 aliphatic rings. The van der Waals surface area contributed by atoms with Crippen molar-refractivity contribution in [2.24, 2.45) is 0 Å². The van der Waals surface area contributed by atoms with Gasteiger partial charge in [0, 0.05) is 11.6 Å². The smallest absolute Gasteiger partial charge is 0.0900 e. The molecule has 0 atom stereocenters. The van der Waals surface area contributed by atoms with Gasteiger partial charge in [0.1, 0.15) is 0 Å². The lowest BCUT2D eigenvalue weighted by molar-refractivity contribution is 0.101. The summed E-state index contributed by atoms with van der Waals surface area (Å²) in [6.45, 7) is 6.11. The minimum Gasteiger partial charge on any atom is -0.370 e. The second-order valence-electron chi connectivity index (χ2n) is 4.50. The SMILES string of the molecule is CCc1nn(CC)c(COCc2cccc(Cl)c2)c1Br. The normalized spacial score (nSPS) is 11.0. The van der Waals surface area contributed by atoms with Crippen LogP contribution in [0.1, 0.15) is 30.8 Å². The van der Waals surface area contributed by atoms with Gasteiger partial charge in [-0.2, -0.15) is 5.10 Å². The van der Waals surface area contributed by atoms with Gasteiger partial charge >= 0.3 is 0 Å². The summed E-state index contributed by atoms with van der Waals surface area (Å²) in [5, 5.41) is 5.29. The summed E-state index contributed by atoms with van der Waals surface area (Å²) in [6, 6.07) is 7.73. The van der Waals surface area contributed by atoms with Crippen LogP contribution in [0.5, 0.6) is 0 Å². The van der Waals surface area contributed by atoms with Crippen LogP contribution >= 0.6 is 27.5 Å². The van der Waals surface area contributed by atoms with Crippen LogP contribution in [-0.4, -0.2) is 9.78 Å². The Hall–Kier alpha value is -0.840. The Morgan fingerprint density at radius 1 is 1.30 bits per heavy atom. The molecule has 2 aromatic rings. The summed E-state index contributed by atoms with van der Waals surface area (Å²) >= 11 is 9.58. The van der Waals surface area contributed by atoms with Gasteiger partial charge in [-0.25, -0.2) is 0 Å². The van der Waals surface area contributed by atoms with Crippen LogP contribution in [0.15, 0.2) is 28.7 Å². The summed E-state index contributed by atoms with van der Waals surface area (Å²) in [5.74, 6) is 0. The van der Waals surface area contributed by atoms with Crippen molar-refractivity contribution in [3.63, 3.8) is 0 Å². The molecule has 0 spiro atoms. The second kappa shape index (κ2) is 7.25. The molecule has 0 amide bonds. The van der Waals surface area contributed by atoms with Crippen LogP contribution in [0.25, 0.3) is 0 Å². The summed E-state index contributed by atoms with van der Waals surface area (Å²) < 4.78 is 8.84. The fourth-order valence-electron chi connectivity index (χ4n) is 2.05. The number of halogens is 2. The van der Waals surface area contributed by atoms with Crippen molar-refractivity contribution in [1.82, 2.24) is 9.78 Å². The van der Waals surface area contributed by atoms with Gasteiger partial charge in [0.25, 0.3) is 0 Å². The van der Waals surface area contributed by atoms with E-state index < -0.39 is 0 Å². The van der Waals surface area contributed by atoms with Crippen molar-refractivity contribution >= 4 is 27.5 Å². The van der Waals surface area contributed by atoms with Gasteiger partial charge in [-0.05, 0) is 47.0 Å². The second-order valence-corrected chi connectivity index (χ2v) is 5.73. The number of ether oxygens (including phenoxy) is 1. The Kier molecular flexibility index (Phi) is 5.64. The molecule has 2 rings (SSSR count). The van der Waals surface area contributed by atoms with E-state index in [1.165, 1.54) is 0 Å². The van der Waals surface area contributed by atoms with E-state index in [9.17, 15) is 0 Å². The highest BCUT2D eigenvalue weighted by Crippen LogP contribution is 2.23. The Morgan fingerprint density at radius 3 is 2.75 bits per heavy atom. The van der Waals surface area contributed by atoms with Gasteiger partial charge in [-0.3, -0.25) is 4.68 Å². The lowest BCUT2D eigenvalue weighted by atomic mass is 10.2. The van der Waals surface area contributed by atoms with Gasteiger partial charge in [0.15, 0.2) is 0 Å². The third kappa shape index (κ3) is 3.62. The molecule has 5 heteroatoms. The van der Waals surface area contributed by atoms with Crippen molar-refractivity contribution in [3.8, 4) is 0 Å². The van der Waals surface area contributed by atoms with Gasteiger partial charge < -0.3 is 4.74 Å². The molecule has 0 radical (unpaired) electrons. The summed E-state index contributed by atoms with van der Waals surface area (Å²) in [6.07, 6.45) is 0.912. The number of aryl methyl sites for hydroxylation is 2. The molecule has 0 unspecified atom stereocenters. The monoisotopic (exact) mass is 356 g/mol. The van der Waals surface area contributed by atoms with Crippen LogP contribution in [0, 0.1) is 0 Å². The average molecular weight is 358 g/mol. The zero-order chi connectivity index (χ0) is 14.5. The molecule has 0 N–H and O–H groups in total. The molecule has 1 aromatic carbocycles. The third-order valence-electron chi connectivity index (χ3n) is 3.09. The van der Waals surface area contributed by atoms with E-state index in [0.29, 0.717) is 13.2 Å². The number of nitrogens with zero attached hydrogens (tertiary/aromatic N) is 2. The number of aromatic nitrogens is 2. The molecule has 108 valence electrons. The lowest BCUT2D eigenvalue weighted by Crippen LogP contribution is -2.05. The van der Waals surface area contributed by atoms with Crippen LogP contribution in [0.4, 0.5) is 0 Å². The highest BCUT2D eigenvalue weighted by atomic mass is 79.9. The van der Waals surface area contributed by atoms with Gasteiger partial charge in [-0.1, -0.05) is 30.7 Å². The van der Waals surface area contributed by atoms with E-state index in [4.69, 9.17) is 16.3 Å². The van der Waals surface area contributed by atoms with Crippen molar-refractivity contribution < 1.29 is 4.74 Å². The van der Waals surface area contributed by atoms with Crippen LogP contribution in [-0.2, 0) is 30.9 Å². The standard InChI is InChI=1S/C15H18BrClN2O/c1-3-13-15(16)14(19(4-2)18-13)10-20-9-11-6-5-7-12(17)8-11/h5-8H,3-4,9-10H2,1-2H3. The molecule has 1 aromatic heterocycles. The number of benzene rings is 1. The van der Waals surface area contributed by atoms with E-state index in [0.717, 1.165) is 39.4 Å². The number of hydrogen-bond acceptors (Lipinski definition) is 2. The van der Waals surface area contributed by atoms with E-state index in [2.05, 4.69) is 34.9 Å². The summed E-state index contributed by atoms with van der Waals surface area (Å²) in [4.78, 5) is 0. The van der Waals surface area contributed by atoms with E-state index in [1.54, 1.807) is 0 Å². The first kappa shape index (κ1) is 15.5. The average Bonchev–Trinajstić information content (AvgIpc) is 2.75. The molecular weight excluding hydrogens is 340 g/mol. The molecule has 0 saturated carbocycles. The van der Waals surface area contributed by atoms with Crippen molar-refractivity contribution in [1.29, 1.82) is 0 Å². The fraction of sp³-hybridized carbons (Fsp3) is 0.400.